The van der Waals surface area contributed by atoms with Crippen molar-refractivity contribution in [2.75, 3.05) is 13.1 Å². The highest BCUT2D eigenvalue weighted by Crippen LogP contribution is 2.18. The Balaban J connectivity index is 1.50. The number of carbonyl (C=O) groups excluding carboxylic acids is 1. The minimum Gasteiger partial charge on any atom is -0.481 e. The third kappa shape index (κ3) is 6.25. The van der Waals surface area contributed by atoms with Crippen molar-refractivity contribution in [3.63, 3.8) is 0 Å². The molecule has 4 N–H and O–H groups in total. The molecular weight excluding hydrogens is 387 g/mol. The molecular formula is C22H27FN4O3. The highest BCUT2D eigenvalue weighted by atomic mass is 19.1. The van der Waals surface area contributed by atoms with Crippen molar-refractivity contribution in [3.8, 4) is 0 Å². The molecule has 0 spiro atoms. The molecule has 7 nitrogen and oxygen atoms in total. The molecule has 0 saturated heterocycles. The second kappa shape index (κ2) is 10.2. The number of nitrogens with zero attached hydrogens (tertiary/aromatic N) is 1. The topological polar surface area (TPSA) is 103 Å². The lowest BCUT2D eigenvalue weighted by molar-refractivity contribution is -0.137. The Hall–Kier alpha value is -3.00. The molecule has 0 aromatic heterocycles. The standard InChI is InChI=1S/C22H27FN4O3/c1-14(25-13-18-8-7-15-5-3-9-24-22(15)26-18)10-20(28)27-19(12-21(29)30)16-4-2-6-17(23)11-16/h2,4-8,11,14,18-19,25H,3,9-10,12-13H2,1H3,(H,24,26)(H,27,28)(H,29,30). The number of nitrogens with one attached hydrogen (secondary N) is 3. The highest BCUT2D eigenvalue weighted by molar-refractivity contribution is 6.02. The Morgan fingerprint density at radius 2 is 2.20 bits per heavy atom. The van der Waals surface area contributed by atoms with Crippen LogP contribution in [0.25, 0.3) is 0 Å². The van der Waals surface area contributed by atoms with Crippen LogP contribution in [0.5, 0.6) is 0 Å². The normalized spacial score (nSPS) is 19.6. The van der Waals surface area contributed by atoms with Crippen molar-refractivity contribution in [2.24, 2.45) is 4.99 Å². The van der Waals surface area contributed by atoms with Gasteiger partial charge in [-0.1, -0.05) is 30.4 Å². The van der Waals surface area contributed by atoms with Crippen molar-refractivity contribution in [2.45, 2.75) is 44.3 Å². The van der Waals surface area contributed by atoms with E-state index in [1.54, 1.807) is 6.07 Å². The van der Waals surface area contributed by atoms with Crippen molar-refractivity contribution in [1.82, 2.24) is 16.0 Å². The van der Waals surface area contributed by atoms with Crippen molar-refractivity contribution < 1.29 is 19.1 Å². The van der Waals surface area contributed by atoms with Gasteiger partial charge in [-0.15, -0.1) is 0 Å². The van der Waals surface area contributed by atoms with Gasteiger partial charge in [0.2, 0.25) is 5.91 Å². The Bertz CT molecular complexity index is 881. The summed E-state index contributed by atoms with van der Waals surface area (Å²) in [6, 6.07) is 4.80. The van der Waals surface area contributed by atoms with Gasteiger partial charge in [0.15, 0.2) is 0 Å². The third-order valence-corrected chi connectivity index (χ3v) is 5.01. The van der Waals surface area contributed by atoms with Crippen LogP contribution < -0.4 is 16.0 Å². The lowest BCUT2D eigenvalue weighted by Crippen LogP contribution is -2.46. The number of dihydropyridines is 1. The molecule has 2 aliphatic heterocycles. The minimum absolute atomic E-state index is 0.0802. The summed E-state index contributed by atoms with van der Waals surface area (Å²) in [7, 11) is 0. The summed E-state index contributed by atoms with van der Waals surface area (Å²) in [6.07, 6.45) is 7.11. The van der Waals surface area contributed by atoms with Crippen LogP contribution in [-0.2, 0) is 9.59 Å². The first-order valence-electron chi connectivity index (χ1n) is 10.1. The zero-order chi connectivity index (χ0) is 21.5. The molecule has 30 heavy (non-hydrogen) atoms. The van der Waals surface area contributed by atoms with Gasteiger partial charge in [-0.25, -0.2) is 4.39 Å². The number of aliphatic imine (C=N–C) groups is 1. The second-order valence-corrected chi connectivity index (χ2v) is 7.57. The molecule has 3 rings (SSSR count). The van der Waals surface area contributed by atoms with Gasteiger partial charge in [-0.3, -0.25) is 14.6 Å². The van der Waals surface area contributed by atoms with Crippen molar-refractivity contribution >= 4 is 17.7 Å². The molecule has 0 radical (unpaired) electrons. The molecule has 0 saturated carbocycles. The van der Waals surface area contributed by atoms with E-state index in [-0.39, 0.29) is 30.8 Å². The third-order valence-electron chi connectivity index (χ3n) is 5.01. The van der Waals surface area contributed by atoms with Crippen LogP contribution in [-0.4, -0.2) is 48.0 Å². The van der Waals surface area contributed by atoms with Crippen LogP contribution in [0, 0.1) is 5.82 Å². The number of amidine groups is 1. The number of hydrogen-bond donors (Lipinski definition) is 4. The summed E-state index contributed by atoms with van der Waals surface area (Å²) >= 11 is 0. The first kappa shape index (κ1) is 21.7. The average molecular weight is 414 g/mol. The maximum Gasteiger partial charge on any atom is 0.305 e. The Morgan fingerprint density at radius 1 is 1.37 bits per heavy atom. The number of fused-ring (bicyclic) bond motifs is 1. The molecule has 2 heterocycles. The number of rotatable bonds is 9. The fourth-order valence-electron chi connectivity index (χ4n) is 3.50. The van der Waals surface area contributed by atoms with E-state index in [1.807, 2.05) is 6.92 Å². The van der Waals surface area contributed by atoms with Crippen molar-refractivity contribution in [1.29, 1.82) is 0 Å². The van der Waals surface area contributed by atoms with Crippen LogP contribution in [0.4, 0.5) is 4.39 Å². The van der Waals surface area contributed by atoms with Gasteiger partial charge >= 0.3 is 5.97 Å². The van der Waals surface area contributed by atoms with E-state index in [1.165, 1.54) is 18.2 Å². The van der Waals surface area contributed by atoms with Gasteiger partial charge in [-0.2, -0.15) is 0 Å². The number of aliphatic carboxylic acids is 1. The molecule has 3 unspecified atom stereocenters. The van der Waals surface area contributed by atoms with Gasteiger partial charge in [0, 0.05) is 31.1 Å². The second-order valence-electron chi connectivity index (χ2n) is 7.57. The van der Waals surface area contributed by atoms with E-state index in [0.29, 0.717) is 12.1 Å². The monoisotopic (exact) mass is 414 g/mol. The lowest BCUT2D eigenvalue weighted by atomic mass is 10.0. The van der Waals surface area contributed by atoms with Gasteiger partial charge < -0.3 is 21.1 Å². The molecule has 0 bridgehead atoms. The van der Waals surface area contributed by atoms with Crippen LogP contribution in [0.3, 0.4) is 0 Å². The zero-order valence-electron chi connectivity index (χ0n) is 16.9. The first-order valence-corrected chi connectivity index (χ1v) is 10.1. The molecule has 160 valence electrons. The first-order chi connectivity index (χ1) is 14.4. The van der Waals surface area contributed by atoms with Gasteiger partial charge in [0.1, 0.15) is 11.7 Å². The molecule has 8 heteroatoms. The molecule has 0 fully saturated rings. The molecule has 2 aliphatic rings. The lowest BCUT2D eigenvalue weighted by Gasteiger charge is -2.26. The van der Waals surface area contributed by atoms with Crippen LogP contribution in [0.1, 0.15) is 37.8 Å². The molecule has 3 atom stereocenters. The fraction of sp³-hybridized carbons (Fsp3) is 0.409. The van der Waals surface area contributed by atoms with E-state index >= 15 is 0 Å². The van der Waals surface area contributed by atoms with E-state index in [4.69, 9.17) is 5.11 Å². The molecule has 0 aliphatic carbocycles. The summed E-state index contributed by atoms with van der Waals surface area (Å²) < 4.78 is 13.5. The summed E-state index contributed by atoms with van der Waals surface area (Å²) in [5.41, 5.74) is 1.55. The number of benzene rings is 1. The molecule has 1 aromatic rings. The van der Waals surface area contributed by atoms with E-state index in [0.717, 1.165) is 24.4 Å². The maximum absolute atomic E-state index is 13.5. The quantitative estimate of drug-likeness (QED) is 0.496. The van der Waals surface area contributed by atoms with Crippen LogP contribution in [0.2, 0.25) is 0 Å². The van der Waals surface area contributed by atoms with Crippen molar-refractivity contribution in [3.05, 3.63) is 59.4 Å². The van der Waals surface area contributed by atoms with Gasteiger partial charge in [0.25, 0.3) is 0 Å². The zero-order valence-corrected chi connectivity index (χ0v) is 16.9. The Kier molecular flexibility index (Phi) is 7.35. The van der Waals surface area contributed by atoms with E-state index < -0.39 is 17.8 Å². The largest absolute Gasteiger partial charge is 0.481 e. The van der Waals surface area contributed by atoms with E-state index in [2.05, 4.69) is 39.2 Å². The number of carboxylic acids is 1. The maximum atomic E-state index is 13.5. The summed E-state index contributed by atoms with van der Waals surface area (Å²) in [6.45, 7) is 3.31. The number of halogens is 1. The fourth-order valence-corrected chi connectivity index (χ4v) is 3.50. The number of carboxylic acid groups (broad SMARTS) is 1. The predicted molar refractivity (Wildman–Crippen MR) is 113 cm³/mol. The molecule has 1 amide bonds. The van der Waals surface area contributed by atoms with Crippen LogP contribution in [0.15, 0.2) is 53.1 Å². The number of amides is 1. The summed E-state index contributed by atoms with van der Waals surface area (Å²) in [4.78, 5) is 28.1. The highest BCUT2D eigenvalue weighted by Gasteiger charge is 2.21. The number of hydrogen-bond acceptors (Lipinski definition) is 5. The SMILES string of the molecule is CC(CC(=O)NC(CC(=O)O)c1cccc(F)c1)NCC1C=CC2=CCCN=C2N1. The van der Waals surface area contributed by atoms with E-state index in [9.17, 15) is 14.0 Å². The predicted octanol–water partition coefficient (Wildman–Crippen LogP) is 2.08. The Labute approximate surface area is 175 Å². The Morgan fingerprint density at radius 3 is 2.97 bits per heavy atom. The summed E-state index contributed by atoms with van der Waals surface area (Å²) in [5.74, 6) is -0.919. The minimum atomic E-state index is -1.06. The average Bonchev–Trinajstić information content (AvgIpc) is 2.71. The smallest absolute Gasteiger partial charge is 0.305 e. The molecule has 1 aromatic carbocycles. The van der Waals surface area contributed by atoms with Gasteiger partial charge in [-0.05, 0) is 31.0 Å². The summed E-state index contributed by atoms with van der Waals surface area (Å²) in [5, 5.41) is 18.5. The van der Waals surface area contributed by atoms with Gasteiger partial charge in [0.05, 0.1) is 18.5 Å². The van der Waals surface area contributed by atoms with Crippen LogP contribution >= 0.6 is 0 Å². The number of carbonyl (C=O) groups is 2.